The van der Waals surface area contributed by atoms with E-state index in [1.807, 2.05) is 4.90 Å². The van der Waals surface area contributed by atoms with Gasteiger partial charge in [0.1, 0.15) is 11.6 Å². The molecular formula is C22H20ClF3N4O3. The average Bonchev–Trinajstić information content (AvgIpc) is 2.78. The van der Waals surface area contributed by atoms with E-state index in [2.05, 4.69) is 14.7 Å². The van der Waals surface area contributed by atoms with Gasteiger partial charge in [0.2, 0.25) is 0 Å². The minimum atomic E-state index is -4.82. The van der Waals surface area contributed by atoms with E-state index in [-0.39, 0.29) is 12.4 Å². The molecule has 11 heteroatoms. The van der Waals surface area contributed by atoms with Crippen LogP contribution in [0.4, 0.5) is 23.8 Å². The molecular weight excluding hydrogens is 461 g/mol. The maximum absolute atomic E-state index is 12.8. The van der Waals surface area contributed by atoms with Crippen molar-refractivity contribution in [3.05, 3.63) is 47.5 Å². The molecule has 0 N–H and O–H groups in total. The summed E-state index contributed by atoms with van der Waals surface area (Å²) in [6.07, 6.45) is -5.21. The average molecular weight is 481 g/mol. The quantitative estimate of drug-likeness (QED) is 0.516. The van der Waals surface area contributed by atoms with Crippen LogP contribution in [0.25, 0.3) is 22.3 Å². The first-order valence-corrected chi connectivity index (χ1v) is 10.6. The fourth-order valence-corrected chi connectivity index (χ4v) is 3.70. The molecule has 1 aromatic heterocycles. The fourth-order valence-electron chi connectivity index (χ4n) is 3.57. The Morgan fingerprint density at radius 1 is 1.06 bits per heavy atom. The molecule has 1 aliphatic rings. The van der Waals surface area contributed by atoms with Crippen molar-refractivity contribution < 1.29 is 27.4 Å². The predicted octanol–water partition coefficient (Wildman–Crippen LogP) is 5.13. The number of aromatic nitrogens is 2. The van der Waals surface area contributed by atoms with Gasteiger partial charge in [0, 0.05) is 42.2 Å². The highest BCUT2D eigenvalue weighted by atomic mass is 35.5. The lowest BCUT2D eigenvalue weighted by Gasteiger charge is -2.35. The molecule has 0 spiro atoms. The van der Waals surface area contributed by atoms with E-state index in [1.165, 1.54) is 18.2 Å². The van der Waals surface area contributed by atoms with Gasteiger partial charge >= 0.3 is 12.5 Å². The van der Waals surface area contributed by atoms with Gasteiger partial charge in [0.15, 0.2) is 5.82 Å². The van der Waals surface area contributed by atoms with Gasteiger partial charge in [0.25, 0.3) is 0 Å². The predicted molar refractivity (Wildman–Crippen MR) is 117 cm³/mol. The Balaban J connectivity index is 1.73. The zero-order valence-electron chi connectivity index (χ0n) is 17.6. The van der Waals surface area contributed by atoms with Crippen molar-refractivity contribution in [2.45, 2.75) is 13.3 Å². The third-order valence-electron chi connectivity index (χ3n) is 5.09. The van der Waals surface area contributed by atoms with Crippen LogP contribution in [0, 0.1) is 0 Å². The summed E-state index contributed by atoms with van der Waals surface area (Å²) in [5.74, 6) is 0.511. The number of piperazine rings is 1. The first-order valence-electron chi connectivity index (χ1n) is 10.2. The van der Waals surface area contributed by atoms with Gasteiger partial charge in [-0.3, -0.25) is 0 Å². The normalized spacial score (nSPS) is 14.5. The molecule has 174 valence electrons. The summed E-state index contributed by atoms with van der Waals surface area (Å²) >= 11 is 5.98. The summed E-state index contributed by atoms with van der Waals surface area (Å²) in [5.41, 5.74) is 1.18. The number of alkyl halides is 3. The second-order valence-electron chi connectivity index (χ2n) is 7.28. The number of hydrogen-bond donors (Lipinski definition) is 0. The highest BCUT2D eigenvalue weighted by molar-refractivity contribution is 6.30. The Labute approximate surface area is 192 Å². The summed E-state index contributed by atoms with van der Waals surface area (Å²) in [7, 11) is 0. The van der Waals surface area contributed by atoms with Gasteiger partial charge < -0.3 is 19.3 Å². The molecule has 7 nitrogen and oxygen atoms in total. The number of nitrogens with zero attached hydrogens (tertiary/aromatic N) is 4. The molecule has 0 radical (unpaired) electrons. The summed E-state index contributed by atoms with van der Waals surface area (Å²) in [6.45, 7) is 3.64. The lowest BCUT2D eigenvalue weighted by Crippen LogP contribution is -2.49. The molecule has 1 saturated heterocycles. The van der Waals surface area contributed by atoms with Gasteiger partial charge in [0.05, 0.1) is 12.1 Å². The van der Waals surface area contributed by atoms with E-state index in [9.17, 15) is 18.0 Å². The molecule has 2 aromatic carbocycles. The molecule has 0 atom stereocenters. The number of hydrogen-bond acceptors (Lipinski definition) is 6. The second-order valence-corrected chi connectivity index (χ2v) is 7.71. The first kappa shape index (κ1) is 22.9. The van der Waals surface area contributed by atoms with Crippen LogP contribution in [0.5, 0.6) is 5.75 Å². The topological polar surface area (TPSA) is 67.8 Å². The van der Waals surface area contributed by atoms with Crippen LogP contribution in [-0.4, -0.2) is 60.1 Å². The van der Waals surface area contributed by atoms with Crippen molar-refractivity contribution in [3.8, 4) is 17.1 Å². The number of ether oxygens (including phenoxy) is 2. The maximum Gasteiger partial charge on any atom is 0.573 e. The van der Waals surface area contributed by atoms with Crippen LogP contribution in [0.2, 0.25) is 5.02 Å². The van der Waals surface area contributed by atoms with E-state index < -0.39 is 12.5 Å². The number of halogens is 4. The van der Waals surface area contributed by atoms with Crippen LogP contribution < -0.4 is 9.64 Å². The smallest absolute Gasteiger partial charge is 0.450 e. The Morgan fingerprint density at radius 3 is 2.39 bits per heavy atom. The van der Waals surface area contributed by atoms with Gasteiger partial charge in [-0.15, -0.1) is 13.2 Å². The van der Waals surface area contributed by atoms with Crippen molar-refractivity contribution in [2.75, 3.05) is 37.7 Å². The lowest BCUT2D eigenvalue weighted by molar-refractivity contribution is -0.274. The molecule has 2 heterocycles. The van der Waals surface area contributed by atoms with Crippen molar-refractivity contribution in [3.63, 3.8) is 0 Å². The van der Waals surface area contributed by atoms with Gasteiger partial charge in [-0.2, -0.15) is 0 Å². The van der Waals surface area contributed by atoms with Crippen molar-refractivity contribution in [1.82, 2.24) is 14.9 Å². The standard InChI is InChI=1S/C22H20ClF3N4O3/c1-2-32-21(31)30-11-9-29(10-12-30)20-17-13-16(33-22(24,25)26)7-8-18(17)27-19(28-20)14-3-5-15(23)6-4-14/h3-8,13H,2,9-12H2,1H3. The van der Waals surface area contributed by atoms with Crippen molar-refractivity contribution in [1.29, 1.82) is 0 Å². The van der Waals surface area contributed by atoms with Gasteiger partial charge in [-0.05, 0) is 49.4 Å². The zero-order valence-corrected chi connectivity index (χ0v) is 18.4. The Bertz CT molecular complexity index is 1150. The number of rotatable bonds is 4. The number of benzene rings is 2. The first-order chi connectivity index (χ1) is 15.7. The highest BCUT2D eigenvalue weighted by Crippen LogP contribution is 2.33. The molecule has 0 aliphatic carbocycles. The molecule has 0 saturated carbocycles. The van der Waals surface area contributed by atoms with Crippen LogP contribution in [0.3, 0.4) is 0 Å². The highest BCUT2D eigenvalue weighted by Gasteiger charge is 2.31. The Hall–Kier alpha value is -3.27. The molecule has 0 unspecified atom stereocenters. The number of anilines is 1. The van der Waals surface area contributed by atoms with Crippen molar-refractivity contribution in [2.24, 2.45) is 0 Å². The molecule has 0 bridgehead atoms. The SMILES string of the molecule is CCOC(=O)N1CCN(c2nc(-c3ccc(Cl)cc3)nc3ccc(OC(F)(F)F)cc23)CC1. The molecule has 33 heavy (non-hydrogen) atoms. The third-order valence-corrected chi connectivity index (χ3v) is 5.34. The minimum Gasteiger partial charge on any atom is -0.450 e. The van der Waals surface area contributed by atoms with Gasteiger partial charge in [-0.25, -0.2) is 14.8 Å². The second kappa shape index (κ2) is 9.30. The largest absolute Gasteiger partial charge is 0.573 e. The van der Waals surface area contributed by atoms with E-state index in [0.29, 0.717) is 59.3 Å². The summed E-state index contributed by atoms with van der Waals surface area (Å²) in [6, 6.07) is 10.9. The summed E-state index contributed by atoms with van der Waals surface area (Å²) in [4.78, 5) is 24.7. The third kappa shape index (κ3) is 5.39. The summed E-state index contributed by atoms with van der Waals surface area (Å²) in [5, 5.41) is 0.975. The van der Waals surface area contributed by atoms with Crippen LogP contribution in [0.15, 0.2) is 42.5 Å². The molecule has 1 fully saturated rings. The van der Waals surface area contributed by atoms with Crippen LogP contribution in [0.1, 0.15) is 6.92 Å². The minimum absolute atomic E-state index is 0.280. The number of amides is 1. The molecule has 1 aliphatic heterocycles. The van der Waals surface area contributed by atoms with Crippen LogP contribution in [-0.2, 0) is 4.74 Å². The number of carbonyl (C=O) groups is 1. The Morgan fingerprint density at radius 2 is 1.76 bits per heavy atom. The van der Waals surface area contributed by atoms with E-state index >= 15 is 0 Å². The maximum atomic E-state index is 12.8. The van der Waals surface area contributed by atoms with E-state index in [4.69, 9.17) is 16.3 Å². The van der Waals surface area contributed by atoms with Crippen molar-refractivity contribution >= 4 is 34.4 Å². The number of carbonyl (C=O) groups excluding carboxylic acids is 1. The van der Waals surface area contributed by atoms with E-state index in [0.717, 1.165) is 0 Å². The molecule has 3 aromatic rings. The van der Waals surface area contributed by atoms with Gasteiger partial charge in [-0.1, -0.05) is 11.6 Å². The Kier molecular flexibility index (Phi) is 6.46. The summed E-state index contributed by atoms with van der Waals surface area (Å²) < 4.78 is 47.5. The monoisotopic (exact) mass is 480 g/mol. The molecule has 1 amide bonds. The molecule has 4 rings (SSSR count). The number of fused-ring (bicyclic) bond motifs is 1. The van der Waals surface area contributed by atoms with E-state index in [1.54, 1.807) is 36.1 Å². The fraction of sp³-hybridized carbons (Fsp3) is 0.318. The zero-order chi connectivity index (χ0) is 23.6. The van der Waals surface area contributed by atoms with Crippen LogP contribution >= 0.6 is 11.6 Å². The lowest BCUT2D eigenvalue weighted by atomic mass is 10.1.